The van der Waals surface area contributed by atoms with Crippen molar-refractivity contribution in [2.45, 2.75) is 43.4 Å². The van der Waals surface area contributed by atoms with E-state index in [0.29, 0.717) is 0 Å². The molecule has 0 aromatic rings. The first-order valence-electron chi connectivity index (χ1n) is 4.86. The molecule has 0 radical (unpaired) electrons. The molecule has 0 spiro atoms. The number of carboxylic acid groups (broad SMARTS) is 1. The van der Waals surface area contributed by atoms with Crippen LogP contribution in [0.5, 0.6) is 0 Å². The minimum atomic E-state index is -1.47. The van der Waals surface area contributed by atoms with Gasteiger partial charge in [-0.1, -0.05) is 0 Å². The van der Waals surface area contributed by atoms with E-state index in [0.717, 1.165) is 0 Å². The molecular formula is C9H16O7. The molecule has 0 amide bonds. The smallest absolute Gasteiger partial charge is 0.306 e. The lowest BCUT2D eigenvalue weighted by atomic mass is 9.92. The van der Waals surface area contributed by atoms with Gasteiger partial charge in [-0.05, 0) is 6.92 Å². The first-order valence-corrected chi connectivity index (χ1v) is 4.86. The van der Waals surface area contributed by atoms with Crippen LogP contribution in [0.1, 0.15) is 13.3 Å². The van der Waals surface area contributed by atoms with Crippen LogP contribution < -0.4 is 0 Å². The quantitative estimate of drug-likeness (QED) is 0.371. The maximum Gasteiger partial charge on any atom is 0.306 e. The highest BCUT2D eigenvalue weighted by Gasteiger charge is 2.53. The lowest BCUT2D eigenvalue weighted by Gasteiger charge is -2.26. The van der Waals surface area contributed by atoms with Gasteiger partial charge in [0.25, 0.3) is 0 Å². The van der Waals surface area contributed by atoms with Crippen LogP contribution in [0.15, 0.2) is 0 Å². The number of hydrogen-bond donors (Lipinski definition) is 5. The Bertz CT molecular complexity index is 269. The van der Waals surface area contributed by atoms with Crippen LogP contribution in [0.3, 0.4) is 0 Å². The average molecular weight is 236 g/mol. The monoisotopic (exact) mass is 236 g/mol. The molecule has 3 unspecified atom stereocenters. The van der Waals surface area contributed by atoms with Gasteiger partial charge in [0.1, 0.15) is 30.0 Å². The van der Waals surface area contributed by atoms with Gasteiger partial charge in [-0.3, -0.25) is 4.79 Å². The zero-order valence-corrected chi connectivity index (χ0v) is 8.78. The standard InChI is InChI=1S/C9H16O7/c1-9(2-5(12)13)8(15)6(14)7(16-9)4(11)3-10/h4,6-8,10-11,14-15H,2-3H2,1H3,(H,12,13)/t4-,6?,7?,8?,9-/m1/s1. The van der Waals surface area contributed by atoms with Crippen LogP contribution in [0.25, 0.3) is 0 Å². The first-order chi connectivity index (χ1) is 7.31. The lowest BCUT2D eigenvalue weighted by molar-refractivity contribution is -0.152. The molecule has 1 rings (SSSR count). The van der Waals surface area contributed by atoms with Crippen molar-refractivity contribution in [1.82, 2.24) is 0 Å². The van der Waals surface area contributed by atoms with Crippen molar-refractivity contribution < 1.29 is 35.1 Å². The van der Waals surface area contributed by atoms with Crippen molar-refractivity contribution in [2.75, 3.05) is 6.61 Å². The van der Waals surface area contributed by atoms with E-state index < -0.39 is 49.0 Å². The minimum absolute atomic E-state index is 0.500. The zero-order valence-electron chi connectivity index (χ0n) is 8.78. The third kappa shape index (κ3) is 2.33. The predicted octanol–water partition coefficient (Wildman–Crippen LogP) is -2.31. The highest BCUT2D eigenvalue weighted by atomic mass is 16.6. The Morgan fingerprint density at radius 1 is 1.50 bits per heavy atom. The molecule has 7 heteroatoms. The van der Waals surface area contributed by atoms with E-state index in [4.69, 9.17) is 14.9 Å². The fourth-order valence-corrected chi connectivity index (χ4v) is 1.85. The molecule has 1 fully saturated rings. The number of ether oxygens (including phenoxy) is 1. The highest BCUT2D eigenvalue weighted by Crippen LogP contribution is 2.35. The Kier molecular flexibility index (Phi) is 3.87. The molecule has 5 atom stereocenters. The fraction of sp³-hybridized carbons (Fsp3) is 0.889. The van der Waals surface area contributed by atoms with Crippen molar-refractivity contribution in [1.29, 1.82) is 0 Å². The van der Waals surface area contributed by atoms with Crippen LogP contribution in [-0.4, -0.2) is 68.1 Å². The molecule has 0 aliphatic carbocycles. The van der Waals surface area contributed by atoms with Gasteiger partial charge >= 0.3 is 5.97 Å². The Morgan fingerprint density at radius 2 is 2.06 bits per heavy atom. The Labute approximate surface area is 91.9 Å². The molecule has 5 N–H and O–H groups in total. The van der Waals surface area contributed by atoms with Crippen LogP contribution in [0, 0.1) is 0 Å². The second-order valence-corrected chi connectivity index (χ2v) is 4.15. The average Bonchev–Trinajstić information content (AvgIpc) is 2.41. The number of aliphatic hydroxyl groups excluding tert-OH is 4. The normalized spacial score (nSPS) is 40.9. The van der Waals surface area contributed by atoms with Crippen LogP contribution in [0.4, 0.5) is 0 Å². The van der Waals surface area contributed by atoms with Crippen molar-refractivity contribution in [2.24, 2.45) is 0 Å². The minimum Gasteiger partial charge on any atom is -0.481 e. The predicted molar refractivity (Wildman–Crippen MR) is 50.6 cm³/mol. The summed E-state index contributed by atoms with van der Waals surface area (Å²) in [5.41, 5.74) is -1.47. The van der Waals surface area contributed by atoms with Crippen LogP contribution in [0.2, 0.25) is 0 Å². The van der Waals surface area contributed by atoms with Crippen molar-refractivity contribution in [3.63, 3.8) is 0 Å². The molecule has 0 saturated carbocycles. The summed E-state index contributed by atoms with van der Waals surface area (Å²) < 4.78 is 5.15. The molecular weight excluding hydrogens is 220 g/mol. The summed E-state index contributed by atoms with van der Waals surface area (Å²) in [5.74, 6) is -1.19. The fourth-order valence-electron chi connectivity index (χ4n) is 1.85. The highest BCUT2D eigenvalue weighted by molar-refractivity contribution is 5.68. The molecule has 7 nitrogen and oxygen atoms in total. The van der Waals surface area contributed by atoms with Crippen LogP contribution in [-0.2, 0) is 9.53 Å². The van der Waals surface area contributed by atoms with E-state index in [2.05, 4.69) is 0 Å². The maximum absolute atomic E-state index is 10.6. The number of rotatable bonds is 4. The largest absolute Gasteiger partial charge is 0.481 e. The third-order valence-corrected chi connectivity index (χ3v) is 2.76. The van der Waals surface area contributed by atoms with Crippen molar-refractivity contribution >= 4 is 5.97 Å². The lowest BCUT2D eigenvalue weighted by Crippen LogP contribution is -2.42. The Morgan fingerprint density at radius 3 is 2.50 bits per heavy atom. The molecule has 16 heavy (non-hydrogen) atoms. The summed E-state index contributed by atoms with van der Waals surface area (Å²) in [7, 11) is 0. The summed E-state index contributed by atoms with van der Waals surface area (Å²) >= 11 is 0. The van der Waals surface area contributed by atoms with E-state index in [1.165, 1.54) is 6.92 Å². The second kappa shape index (κ2) is 4.64. The van der Waals surface area contributed by atoms with E-state index in [-0.39, 0.29) is 0 Å². The van der Waals surface area contributed by atoms with Gasteiger partial charge in [0.05, 0.1) is 13.0 Å². The SMILES string of the molecule is C[C@]1(CC(=O)O)OC([C@H](O)CO)C(O)C1O. The number of hydrogen-bond acceptors (Lipinski definition) is 6. The summed E-state index contributed by atoms with van der Waals surface area (Å²) in [6.07, 6.45) is -5.90. The number of carbonyl (C=O) groups is 1. The number of carboxylic acids is 1. The molecule has 1 aliphatic rings. The van der Waals surface area contributed by atoms with E-state index >= 15 is 0 Å². The van der Waals surface area contributed by atoms with Gasteiger partial charge in [0, 0.05) is 0 Å². The third-order valence-electron chi connectivity index (χ3n) is 2.76. The van der Waals surface area contributed by atoms with Gasteiger partial charge in [0.15, 0.2) is 0 Å². The van der Waals surface area contributed by atoms with Crippen molar-refractivity contribution in [3.8, 4) is 0 Å². The van der Waals surface area contributed by atoms with Gasteiger partial charge in [-0.2, -0.15) is 0 Å². The Balaban J connectivity index is 2.81. The summed E-state index contributed by atoms with van der Waals surface area (Å²) in [6.45, 7) is 0.691. The topological polar surface area (TPSA) is 127 Å². The van der Waals surface area contributed by atoms with Crippen molar-refractivity contribution in [3.05, 3.63) is 0 Å². The van der Waals surface area contributed by atoms with E-state index in [1.54, 1.807) is 0 Å². The van der Waals surface area contributed by atoms with Gasteiger partial charge < -0.3 is 30.3 Å². The van der Waals surface area contributed by atoms with Crippen LogP contribution >= 0.6 is 0 Å². The molecule has 1 saturated heterocycles. The molecule has 0 aromatic carbocycles. The van der Waals surface area contributed by atoms with E-state index in [1.807, 2.05) is 0 Å². The zero-order chi connectivity index (χ0) is 12.5. The summed E-state index contributed by atoms with van der Waals surface area (Å²) in [6, 6.07) is 0. The molecule has 1 aliphatic heterocycles. The Hall–Kier alpha value is -0.730. The molecule has 94 valence electrons. The number of aliphatic hydroxyl groups is 4. The second-order valence-electron chi connectivity index (χ2n) is 4.15. The first kappa shape index (κ1) is 13.3. The van der Waals surface area contributed by atoms with E-state index in [9.17, 15) is 20.1 Å². The van der Waals surface area contributed by atoms with Gasteiger partial charge in [-0.25, -0.2) is 0 Å². The molecule has 1 heterocycles. The van der Waals surface area contributed by atoms with Gasteiger partial charge in [0.2, 0.25) is 0 Å². The molecule has 0 aromatic heterocycles. The number of aliphatic carboxylic acids is 1. The maximum atomic E-state index is 10.6. The molecule has 0 bridgehead atoms. The summed E-state index contributed by atoms with van der Waals surface area (Å²) in [4.78, 5) is 10.6. The summed E-state index contributed by atoms with van der Waals surface area (Å²) in [5, 5.41) is 45.9. The van der Waals surface area contributed by atoms with Gasteiger partial charge in [-0.15, -0.1) is 0 Å².